The van der Waals surface area contributed by atoms with Crippen molar-refractivity contribution in [1.29, 1.82) is 0 Å². The van der Waals surface area contributed by atoms with E-state index in [1.807, 2.05) is 27.7 Å². The molecule has 0 rings (SSSR count). The van der Waals surface area contributed by atoms with Crippen LogP contribution in [0.2, 0.25) is 0 Å². The first-order valence-electron chi connectivity index (χ1n) is 6.34. The summed E-state index contributed by atoms with van der Waals surface area (Å²) >= 11 is 0. The Morgan fingerprint density at radius 2 is 1.69 bits per heavy atom. The number of hydrogen-bond acceptors (Lipinski definition) is 2. The van der Waals surface area contributed by atoms with Crippen LogP contribution in [0.4, 0.5) is 0 Å². The Hall–Kier alpha value is -0.570. The molecule has 0 aromatic carbocycles. The largest absolute Gasteiger partial charge is 0.389 e. The summed E-state index contributed by atoms with van der Waals surface area (Å²) in [5.41, 5.74) is -0.802. The van der Waals surface area contributed by atoms with Crippen LogP contribution in [0.25, 0.3) is 0 Å². The van der Waals surface area contributed by atoms with Gasteiger partial charge in [-0.1, -0.05) is 26.7 Å². The summed E-state index contributed by atoms with van der Waals surface area (Å²) in [5, 5.41) is 10.4. The van der Waals surface area contributed by atoms with E-state index in [0.717, 1.165) is 12.8 Å². The summed E-state index contributed by atoms with van der Waals surface area (Å²) in [5.74, 6) is 0.0411. The maximum absolute atomic E-state index is 11.9. The second kappa shape index (κ2) is 6.89. The van der Waals surface area contributed by atoms with Crippen molar-refractivity contribution in [3.63, 3.8) is 0 Å². The van der Waals surface area contributed by atoms with E-state index in [2.05, 4.69) is 0 Å². The molecule has 3 heteroatoms. The highest BCUT2D eigenvalue weighted by Gasteiger charge is 2.29. The highest BCUT2D eigenvalue weighted by molar-refractivity contribution is 5.77. The van der Waals surface area contributed by atoms with Crippen molar-refractivity contribution in [3.05, 3.63) is 0 Å². The van der Waals surface area contributed by atoms with Crippen LogP contribution in [0.5, 0.6) is 0 Å². The highest BCUT2D eigenvalue weighted by atomic mass is 16.3. The molecular formula is C13H27NO2. The van der Waals surface area contributed by atoms with E-state index in [4.69, 9.17) is 0 Å². The molecule has 3 nitrogen and oxygen atoms in total. The molecule has 1 N–H and O–H groups in total. The minimum Gasteiger partial charge on any atom is -0.389 e. The van der Waals surface area contributed by atoms with Crippen LogP contribution in [0, 0.1) is 0 Å². The molecule has 0 fully saturated rings. The number of hydrogen-bond donors (Lipinski definition) is 1. The van der Waals surface area contributed by atoms with E-state index in [1.165, 1.54) is 0 Å². The molecule has 0 aromatic heterocycles. The van der Waals surface area contributed by atoms with Crippen LogP contribution in [0.1, 0.15) is 59.8 Å². The lowest BCUT2D eigenvalue weighted by Gasteiger charge is -2.30. The van der Waals surface area contributed by atoms with E-state index in [9.17, 15) is 9.90 Å². The van der Waals surface area contributed by atoms with Crippen molar-refractivity contribution in [1.82, 2.24) is 4.90 Å². The molecule has 0 bridgehead atoms. The Kier molecular flexibility index (Phi) is 6.65. The Morgan fingerprint density at radius 3 is 2.00 bits per heavy atom. The molecule has 0 aliphatic rings. The van der Waals surface area contributed by atoms with Crippen molar-refractivity contribution in [2.24, 2.45) is 0 Å². The van der Waals surface area contributed by atoms with E-state index in [0.29, 0.717) is 12.8 Å². The normalized spacial score (nSPS) is 11.9. The van der Waals surface area contributed by atoms with Gasteiger partial charge in [0.25, 0.3) is 0 Å². The second-order valence-electron chi connectivity index (χ2n) is 5.00. The Balaban J connectivity index is 4.44. The second-order valence-corrected chi connectivity index (χ2v) is 5.00. The molecule has 0 atom stereocenters. The van der Waals surface area contributed by atoms with Crippen LogP contribution < -0.4 is 0 Å². The molecule has 1 amide bonds. The average molecular weight is 229 g/mol. The molecule has 0 spiro atoms. The topological polar surface area (TPSA) is 40.5 Å². The number of carbonyl (C=O) groups is 1. The molecule has 0 unspecified atom stereocenters. The molecule has 0 heterocycles. The fourth-order valence-electron chi connectivity index (χ4n) is 1.93. The monoisotopic (exact) mass is 229 g/mol. The minimum atomic E-state index is -0.802. The molecule has 0 aliphatic carbocycles. The molecule has 0 saturated carbocycles. The fourth-order valence-corrected chi connectivity index (χ4v) is 1.93. The van der Waals surface area contributed by atoms with Gasteiger partial charge in [-0.2, -0.15) is 0 Å². The van der Waals surface area contributed by atoms with Crippen molar-refractivity contribution in [2.45, 2.75) is 71.4 Å². The van der Waals surface area contributed by atoms with Gasteiger partial charge < -0.3 is 10.0 Å². The lowest BCUT2D eigenvalue weighted by molar-refractivity contribution is -0.137. The van der Waals surface area contributed by atoms with Crippen LogP contribution in [-0.4, -0.2) is 34.6 Å². The third-order valence-electron chi connectivity index (χ3n) is 3.08. The predicted molar refractivity (Wildman–Crippen MR) is 67.3 cm³/mol. The zero-order chi connectivity index (χ0) is 12.8. The summed E-state index contributed by atoms with van der Waals surface area (Å²) in [6.07, 6.45) is 3.49. The van der Waals surface area contributed by atoms with Gasteiger partial charge >= 0.3 is 0 Å². The van der Waals surface area contributed by atoms with E-state index >= 15 is 0 Å². The Morgan fingerprint density at radius 1 is 1.25 bits per heavy atom. The van der Waals surface area contributed by atoms with Gasteiger partial charge in [-0.15, -0.1) is 0 Å². The molecule has 0 saturated heterocycles. The van der Waals surface area contributed by atoms with E-state index < -0.39 is 5.60 Å². The average Bonchev–Trinajstić information content (AvgIpc) is 2.16. The van der Waals surface area contributed by atoms with Crippen molar-refractivity contribution in [3.8, 4) is 0 Å². The molecule has 0 radical (unpaired) electrons. The first kappa shape index (κ1) is 15.4. The van der Waals surface area contributed by atoms with Gasteiger partial charge in [0, 0.05) is 13.1 Å². The molecule has 96 valence electrons. The molecule has 0 aliphatic heterocycles. The lowest BCUT2D eigenvalue weighted by Crippen LogP contribution is -2.40. The maximum atomic E-state index is 11.9. The number of carbonyl (C=O) groups excluding carboxylic acids is 1. The van der Waals surface area contributed by atoms with Crippen LogP contribution in [0.3, 0.4) is 0 Å². The third kappa shape index (κ3) is 4.97. The predicted octanol–water partition coefficient (Wildman–Crippen LogP) is 2.57. The van der Waals surface area contributed by atoms with Gasteiger partial charge in [0.15, 0.2) is 0 Å². The fraction of sp³-hybridized carbons (Fsp3) is 0.923. The quantitative estimate of drug-likeness (QED) is 0.729. The summed E-state index contributed by atoms with van der Waals surface area (Å²) in [4.78, 5) is 13.6. The first-order valence-corrected chi connectivity index (χ1v) is 6.34. The van der Waals surface area contributed by atoms with Crippen LogP contribution >= 0.6 is 0 Å². The van der Waals surface area contributed by atoms with Gasteiger partial charge in [0.2, 0.25) is 5.91 Å². The summed E-state index contributed by atoms with van der Waals surface area (Å²) in [7, 11) is 1.80. The smallest absolute Gasteiger partial charge is 0.225 e. The zero-order valence-corrected chi connectivity index (χ0v) is 11.4. The molecule has 16 heavy (non-hydrogen) atoms. The Bertz CT molecular complexity index is 208. The van der Waals surface area contributed by atoms with Crippen LogP contribution in [0.15, 0.2) is 0 Å². The molecular weight excluding hydrogens is 202 g/mol. The lowest BCUT2D eigenvalue weighted by atomic mass is 9.88. The van der Waals surface area contributed by atoms with Gasteiger partial charge in [-0.05, 0) is 26.7 Å². The minimum absolute atomic E-state index is 0.0411. The van der Waals surface area contributed by atoms with Crippen LogP contribution in [-0.2, 0) is 4.79 Å². The highest BCUT2D eigenvalue weighted by Crippen LogP contribution is 2.24. The van der Waals surface area contributed by atoms with Gasteiger partial charge in [-0.3, -0.25) is 4.79 Å². The SMILES string of the molecule is CCCC(O)(CCC)CC(=O)N(C)C(C)C. The standard InChI is InChI=1S/C13H27NO2/c1-6-8-13(16,9-7-2)10-12(15)14(5)11(3)4/h11,16H,6-10H2,1-5H3. The number of aliphatic hydroxyl groups is 1. The summed E-state index contributed by atoms with van der Waals surface area (Å²) < 4.78 is 0. The third-order valence-corrected chi connectivity index (χ3v) is 3.08. The number of amides is 1. The number of nitrogens with zero attached hydrogens (tertiary/aromatic N) is 1. The van der Waals surface area contributed by atoms with E-state index in [-0.39, 0.29) is 18.4 Å². The van der Waals surface area contributed by atoms with Crippen molar-refractivity contribution < 1.29 is 9.90 Å². The van der Waals surface area contributed by atoms with E-state index in [1.54, 1.807) is 11.9 Å². The summed E-state index contributed by atoms with van der Waals surface area (Å²) in [6.45, 7) is 8.04. The molecule has 0 aromatic rings. The first-order chi connectivity index (χ1) is 7.36. The van der Waals surface area contributed by atoms with Gasteiger partial charge in [0.05, 0.1) is 12.0 Å². The Labute approximate surface area is 99.8 Å². The van der Waals surface area contributed by atoms with Gasteiger partial charge in [-0.25, -0.2) is 0 Å². The van der Waals surface area contributed by atoms with Crippen molar-refractivity contribution in [2.75, 3.05) is 7.05 Å². The maximum Gasteiger partial charge on any atom is 0.225 e. The number of rotatable bonds is 7. The summed E-state index contributed by atoms with van der Waals surface area (Å²) in [6, 6.07) is 0.194. The van der Waals surface area contributed by atoms with Gasteiger partial charge in [0.1, 0.15) is 0 Å². The van der Waals surface area contributed by atoms with Crippen molar-refractivity contribution >= 4 is 5.91 Å². The zero-order valence-electron chi connectivity index (χ0n) is 11.4.